The van der Waals surface area contributed by atoms with E-state index in [1.165, 1.54) is 31.9 Å². The zero-order chi connectivity index (χ0) is 19.7. The predicted molar refractivity (Wildman–Crippen MR) is 106 cm³/mol. The highest BCUT2D eigenvalue weighted by Gasteiger charge is 2.50. The van der Waals surface area contributed by atoms with Crippen LogP contribution in [0.3, 0.4) is 0 Å². The smallest absolute Gasteiger partial charge is 0.303 e. The summed E-state index contributed by atoms with van der Waals surface area (Å²) in [6, 6.07) is 0. The zero-order valence-electron chi connectivity index (χ0n) is 14.6. The van der Waals surface area contributed by atoms with E-state index in [9.17, 15) is 9.59 Å². The molecule has 3 heterocycles. The first kappa shape index (κ1) is 20.6. The van der Waals surface area contributed by atoms with Crippen LogP contribution in [-0.4, -0.2) is 61.8 Å². The van der Waals surface area contributed by atoms with Crippen molar-refractivity contribution in [1.29, 1.82) is 0 Å². The topological polar surface area (TPSA) is 105 Å². The summed E-state index contributed by atoms with van der Waals surface area (Å²) in [5.74, 6) is -0.448. The summed E-state index contributed by atoms with van der Waals surface area (Å²) in [4.78, 5) is 36.0. The van der Waals surface area contributed by atoms with Crippen molar-refractivity contribution in [3.63, 3.8) is 0 Å². The zero-order valence-corrected chi connectivity index (χ0v) is 18.3. The molecule has 4 atom stereocenters. The third-order valence-electron chi connectivity index (χ3n) is 3.85. The summed E-state index contributed by atoms with van der Waals surface area (Å²) in [7, 11) is 0. The van der Waals surface area contributed by atoms with E-state index in [-0.39, 0.29) is 5.15 Å². The Bertz CT molecular complexity index is 881. The number of aromatic nitrogens is 4. The maximum atomic E-state index is 11.7. The van der Waals surface area contributed by atoms with Crippen molar-refractivity contribution in [1.82, 2.24) is 19.5 Å². The molecule has 0 aliphatic carbocycles. The lowest BCUT2D eigenvalue weighted by Gasteiger charge is -2.23. The molecule has 27 heavy (non-hydrogen) atoms. The van der Waals surface area contributed by atoms with E-state index in [1.54, 1.807) is 4.57 Å². The van der Waals surface area contributed by atoms with Crippen LogP contribution in [0.4, 0.5) is 0 Å². The number of hydrogen-bond donors (Lipinski definition) is 0. The molecule has 2 aromatic rings. The lowest BCUT2D eigenvalue weighted by Crippen LogP contribution is -2.39. The van der Waals surface area contributed by atoms with Crippen LogP contribution in [0.5, 0.6) is 0 Å². The average molecular weight is 527 g/mol. The van der Waals surface area contributed by atoms with Gasteiger partial charge in [-0.05, 0) is 6.26 Å². The molecule has 0 spiro atoms. The Labute approximate surface area is 177 Å². The van der Waals surface area contributed by atoms with Gasteiger partial charge in [-0.1, -0.05) is 11.6 Å². The van der Waals surface area contributed by atoms with E-state index in [4.69, 9.17) is 25.8 Å². The van der Waals surface area contributed by atoms with E-state index in [2.05, 4.69) is 15.0 Å². The molecular weight excluding hydrogens is 511 g/mol. The first-order chi connectivity index (χ1) is 12.8. The van der Waals surface area contributed by atoms with Gasteiger partial charge >= 0.3 is 11.9 Å². The van der Waals surface area contributed by atoms with Crippen molar-refractivity contribution in [2.24, 2.45) is 0 Å². The normalized spacial score (nSPS) is 24.9. The van der Waals surface area contributed by atoms with Crippen LogP contribution in [0.2, 0.25) is 5.15 Å². The van der Waals surface area contributed by atoms with Gasteiger partial charge in [0.15, 0.2) is 33.1 Å². The highest BCUT2D eigenvalue weighted by Crippen LogP contribution is 2.37. The number of imidazole rings is 1. The Balaban J connectivity index is 2.06. The highest BCUT2D eigenvalue weighted by atomic mass is 127. The van der Waals surface area contributed by atoms with E-state index in [0.29, 0.717) is 20.7 Å². The van der Waals surface area contributed by atoms with Gasteiger partial charge in [0.1, 0.15) is 11.6 Å². The molecule has 1 aliphatic heterocycles. The number of halogens is 2. The second-order valence-corrected chi connectivity index (χ2v) is 8.01. The molecule has 0 amide bonds. The van der Waals surface area contributed by atoms with Crippen molar-refractivity contribution in [3.05, 3.63) is 15.3 Å². The molecule has 146 valence electrons. The van der Waals surface area contributed by atoms with Crippen LogP contribution in [0.1, 0.15) is 20.1 Å². The summed E-state index contributed by atoms with van der Waals surface area (Å²) in [6.45, 7) is 2.59. The van der Waals surface area contributed by atoms with Gasteiger partial charge in [0.2, 0.25) is 0 Å². The highest BCUT2D eigenvalue weighted by molar-refractivity contribution is 14.1. The largest absolute Gasteiger partial charge is 0.456 e. The van der Waals surface area contributed by atoms with Gasteiger partial charge in [-0.2, -0.15) is 11.8 Å². The lowest BCUT2D eigenvalue weighted by molar-refractivity contribution is -0.165. The molecular formula is C15H16ClIN4O5S. The molecule has 1 saturated heterocycles. The van der Waals surface area contributed by atoms with Gasteiger partial charge < -0.3 is 14.2 Å². The second-order valence-electron chi connectivity index (χ2n) is 5.78. The number of carbonyl (C=O) groups excluding carboxylic acids is 2. The minimum atomic E-state index is -0.854. The maximum Gasteiger partial charge on any atom is 0.303 e. The number of ether oxygens (including phenoxy) is 3. The van der Waals surface area contributed by atoms with Crippen molar-refractivity contribution < 1.29 is 23.8 Å². The molecule has 1 aliphatic rings. The quantitative estimate of drug-likeness (QED) is 0.251. The fourth-order valence-electron chi connectivity index (χ4n) is 2.92. The Kier molecular flexibility index (Phi) is 6.43. The van der Waals surface area contributed by atoms with Gasteiger partial charge in [-0.25, -0.2) is 15.0 Å². The molecule has 9 nitrogen and oxygen atoms in total. The van der Waals surface area contributed by atoms with Crippen molar-refractivity contribution >= 4 is 69.1 Å². The fourth-order valence-corrected chi connectivity index (χ4v) is 4.35. The van der Waals surface area contributed by atoms with Crippen LogP contribution < -0.4 is 0 Å². The number of carbonyl (C=O) groups is 2. The van der Waals surface area contributed by atoms with Crippen LogP contribution >= 0.6 is 46.0 Å². The number of hydrogen-bond acceptors (Lipinski definition) is 9. The molecule has 0 N–H and O–H groups in total. The number of thioether (sulfide) groups is 1. The molecule has 3 rings (SSSR count). The molecule has 12 heteroatoms. The van der Waals surface area contributed by atoms with E-state index < -0.39 is 36.5 Å². The Morgan fingerprint density at radius 1 is 1.30 bits per heavy atom. The number of nitrogens with zero attached hydrogens (tertiary/aromatic N) is 4. The standard InChI is InChI=1S/C15H16ClIN4O5S/c1-6(22)24-10-8(4-27-3)26-14(11(10)25-7(2)23)21-5-18-9-12(16)19-15(17)20-13(9)21/h5,8,10-11,14H,4H2,1-3H3/t8-,10-,11-,14-/m1/s1. The molecule has 0 aromatic carbocycles. The molecule has 0 radical (unpaired) electrons. The van der Waals surface area contributed by atoms with E-state index >= 15 is 0 Å². The Morgan fingerprint density at radius 2 is 1.96 bits per heavy atom. The van der Waals surface area contributed by atoms with Gasteiger partial charge in [0, 0.05) is 42.2 Å². The first-order valence-corrected chi connectivity index (χ1v) is 10.7. The van der Waals surface area contributed by atoms with Gasteiger partial charge in [0.05, 0.1) is 6.33 Å². The van der Waals surface area contributed by atoms with E-state index in [1.807, 2.05) is 28.8 Å². The molecule has 0 unspecified atom stereocenters. The minimum absolute atomic E-state index is 0.211. The van der Waals surface area contributed by atoms with Gasteiger partial charge in [0.25, 0.3) is 0 Å². The first-order valence-electron chi connectivity index (χ1n) is 7.86. The molecule has 1 fully saturated rings. The van der Waals surface area contributed by atoms with E-state index in [0.717, 1.165) is 0 Å². The Hall–Kier alpha value is -1.18. The summed E-state index contributed by atoms with van der Waals surface area (Å²) in [5.41, 5.74) is 0.840. The SMILES string of the molecule is CSC[C@H]1O[C@@H](n2cnc3c(Cl)nc(I)nc32)[C@H](OC(C)=O)[C@@H]1OC(C)=O. The molecule has 0 bridgehead atoms. The third kappa shape index (κ3) is 4.30. The summed E-state index contributed by atoms with van der Waals surface area (Å²) in [5, 5.41) is 0.211. The maximum absolute atomic E-state index is 11.7. The third-order valence-corrected chi connectivity index (χ3v) is 5.25. The van der Waals surface area contributed by atoms with Gasteiger partial charge in [-0.3, -0.25) is 14.2 Å². The van der Waals surface area contributed by atoms with Crippen molar-refractivity contribution in [2.75, 3.05) is 12.0 Å². The van der Waals surface area contributed by atoms with Crippen molar-refractivity contribution in [2.45, 2.75) is 38.4 Å². The predicted octanol–water partition coefficient (Wildman–Crippen LogP) is 2.21. The molecule has 2 aromatic heterocycles. The lowest BCUT2D eigenvalue weighted by atomic mass is 10.1. The summed E-state index contributed by atoms with van der Waals surface area (Å²) >= 11 is 9.62. The molecule has 0 saturated carbocycles. The van der Waals surface area contributed by atoms with Crippen LogP contribution in [0, 0.1) is 3.83 Å². The van der Waals surface area contributed by atoms with Crippen LogP contribution in [0.25, 0.3) is 11.2 Å². The van der Waals surface area contributed by atoms with Crippen LogP contribution in [0.15, 0.2) is 6.33 Å². The monoisotopic (exact) mass is 526 g/mol. The Morgan fingerprint density at radius 3 is 2.59 bits per heavy atom. The number of rotatable bonds is 5. The number of esters is 2. The van der Waals surface area contributed by atoms with Gasteiger partial charge in [-0.15, -0.1) is 0 Å². The second kappa shape index (κ2) is 8.45. The average Bonchev–Trinajstić information content (AvgIpc) is 3.10. The minimum Gasteiger partial charge on any atom is -0.456 e. The van der Waals surface area contributed by atoms with Crippen molar-refractivity contribution in [3.8, 4) is 0 Å². The summed E-state index contributed by atoms with van der Waals surface area (Å²) in [6.07, 6.45) is 0.554. The summed E-state index contributed by atoms with van der Waals surface area (Å²) < 4.78 is 19.1. The fraction of sp³-hybridized carbons (Fsp3) is 0.533. The number of fused-ring (bicyclic) bond motifs is 1. The van der Waals surface area contributed by atoms with Crippen LogP contribution in [-0.2, 0) is 23.8 Å².